The molecule has 2 rings (SSSR count). The quantitative estimate of drug-likeness (QED) is 0.447. The molecule has 2 aromatic rings. The Morgan fingerprint density at radius 3 is 2.00 bits per heavy atom. The van der Waals surface area contributed by atoms with Crippen LogP contribution in [-0.4, -0.2) is 39.3 Å². The van der Waals surface area contributed by atoms with Gasteiger partial charge in [0.05, 0.1) is 10.6 Å². The average molecular weight is 420 g/mol. The summed E-state index contributed by atoms with van der Waals surface area (Å²) < 4.78 is 25.9. The number of aliphatic carboxylic acids is 1. The minimum absolute atomic E-state index is 0.177. The first-order valence-electron chi connectivity index (χ1n) is 10.5. The van der Waals surface area contributed by atoms with Crippen molar-refractivity contribution in [3.63, 3.8) is 0 Å². The SMILES string of the molecule is CN(C)c1cccc2c(S(=O)(=O)CCCCCCCCCCC(=O)O)cccc12. The highest BCUT2D eigenvalue weighted by Gasteiger charge is 2.18. The molecule has 6 heteroatoms. The van der Waals surface area contributed by atoms with Crippen molar-refractivity contribution < 1.29 is 18.3 Å². The summed E-state index contributed by atoms with van der Waals surface area (Å²) in [5.41, 5.74) is 1.02. The zero-order valence-corrected chi connectivity index (χ0v) is 18.4. The van der Waals surface area contributed by atoms with Crippen LogP contribution in [0.1, 0.15) is 57.8 Å². The number of hydrogen-bond donors (Lipinski definition) is 1. The summed E-state index contributed by atoms with van der Waals surface area (Å²) in [7, 11) is 0.604. The van der Waals surface area contributed by atoms with Crippen LogP contribution in [0.25, 0.3) is 10.8 Å². The number of anilines is 1. The Morgan fingerprint density at radius 2 is 1.38 bits per heavy atom. The third kappa shape index (κ3) is 7.03. The second kappa shape index (κ2) is 11.2. The lowest BCUT2D eigenvalue weighted by molar-refractivity contribution is -0.137. The van der Waals surface area contributed by atoms with E-state index in [4.69, 9.17) is 5.11 Å². The van der Waals surface area contributed by atoms with Crippen molar-refractivity contribution in [2.24, 2.45) is 0 Å². The molecule has 0 amide bonds. The van der Waals surface area contributed by atoms with E-state index in [-0.39, 0.29) is 12.2 Å². The van der Waals surface area contributed by atoms with Gasteiger partial charge < -0.3 is 10.0 Å². The lowest BCUT2D eigenvalue weighted by Gasteiger charge is -2.17. The fourth-order valence-corrected chi connectivity index (χ4v) is 5.27. The molecule has 160 valence electrons. The molecule has 5 nitrogen and oxygen atoms in total. The average Bonchev–Trinajstić information content (AvgIpc) is 2.68. The Balaban J connectivity index is 1.83. The maximum absolute atomic E-state index is 12.9. The number of benzene rings is 2. The van der Waals surface area contributed by atoms with Crippen molar-refractivity contribution in [1.82, 2.24) is 0 Å². The van der Waals surface area contributed by atoms with Crippen molar-refractivity contribution in [1.29, 1.82) is 0 Å². The van der Waals surface area contributed by atoms with E-state index < -0.39 is 15.8 Å². The van der Waals surface area contributed by atoms with E-state index in [1.165, 1.54) is 0 Å². The van der Waals surface area contributed by atoms with Crippen LogP contribution in [0.2, 0.25) is 0 Å². The van der Waals surface area contributed by atoms with E-state index in [9.17, 15) is 13.2 Å². The predicted octanol–water partition coefficient (Wildman–Crippen LogP) is 5.28. The molecule has 0 saturated heterocycles. The lowest BCUT2D eigenvalue weighted by atomic mass is 10.1. The topological polar surface area (TPSA) is 74.7 Å². The number of hydrogen-bond acceptors (Lipinski definition) is 4. The highest BCUT2D eigenvalue weighted by atomic mass is 32.2. The number of rotatable bonds is 13. The van der Waals surface area contributed by atoms with E-state index in [0.29, 0.717) is 11.3 Å². The number of carboxylic acid groups (broad SMARTS) is 1. The van der Waals surface area contributed by atoms with Gasteiger partial charge in [-0.15, -0.1) is 0 Å². The molecule has 0 unspecified atom stereocenters. The summed E-state index contributed by atoms with van der Waals surface area (Å²) in [6.07, 6.45) is 7.77. The highest BCUT2D eigenvalue weighted by molar-refractivity contribution is 7.91. The molecular weight excluding hydrogens is 386 g/mol. The van der Waals surface area contributed by atoms with Crippen LogP contribution in [0.4, 0.5) is 5.69 Å². The summed E-state index contributed by atoms with van der Waals surface area (Å²) >= 11 is 0. The van der Waals surface area contributed by atoms with Crippen molar-refractivity contribution in [2.75, 3.05) is 24.7 Å². The molecule has 0 fully saturated rings. The van der Waals surface area contributed by atoms with Crippen LogP contribution in [-0.2, 0) is 14.6 Å². The molecule has 29 heavy (non-hydrogen) atoms. The second-order valence-corrected chi connectivity index (χ2v) is 9.89. The zero-order valence-electron chi connectivity index (χ0n) is 17.6. The molecule has 0 atom stereocenters. The molecule has 2 aromatic carbocycles. The van der Waals surface area contributed by atoms with Gasteiger partial charge in [0.1, 0.15) is 0 Å². The van der Waals surface area contributed by atoms with Gasteiger partial charge in [-0.3, -0.25) is 4.79 Å². The largest absolute Gasteiger partial charge is 0.481 e. The normalized spacial score (nSPS) is 11.7. The highest BCUT2D eigenvalue weighted by Crippen LogP contribution is 2.31. The van der Waals surface area contributed by atoms with E-state index in [2.05, 4.69) is 0 Å². The fourth-order valence-electron chi connectivity index (χ4n) is 3.66. The molecule has 0 aliphatic carbocycles. The summed E-state index contributed by atoms with van der Waals surface area (Å²) in [6.45, 7) is 0. The Morgan fingerprint density at radius 1 is 0.828 bits per heavy atom. The molecule has 0 aromatic heterocycles. The molecule has 0 aliphatic heterocycles. The lowest BCUT2D eigenvalue weighted by Crippen LogP contribution is -2.10. The van der Waals surface area contributed by atoms with E-state index in [1.807, 2.05) is 49.3 Å². The molecule has 0 heterocycles. The number of carbonyl (C=O) groups is 1. The second-order valence-electron chi connectivity index (χ2n) is 7.81. The number of nitrogens with zero attached hydrogens (tertiary/aromatic N) is 1. The van der Waals surface area contributed by atoms with Gasteiger partial charge in [0.15, 0.2) is 9.84 Å². The third-order valence-electron chi connectivity index (χ3n) is 5.23. The number of carboxylic acids is 1. The van der Waals surface area contributed by atoms with Crippen molar-refractivity contribution in [3.8, 4) is 0 Å². The minimum atomic E-state index is -3.32. The fraction of sp³-hybridized carbons (Fsp3) is 0.522. The molecule has 0 spiro atoms. The van der Waals surface area contributed by atoms with Crippen molar-refractivity contribution >= 4 is 32.3 Å². The van der Waals surface area contributed by atoms with Gasteiger partial charge >= 0.3 is 5.97 Å². The predicted molar refractivity (Wildman–Crippen MR) is 120 cm³/mol. The summed E-state index contributed by atoms with van der Waals surface area (Å²) in [4.78, 5) is 12.9. The smallest absolute Gasteiger partial charge is 0.303 e. The Hall–Kier alpha value is -2.08. The van der Waals surface area contributed by atoms with Crippen molar-refractivity contribution in [3.05, 3.63) is 36.4 Å². The standard InChI is InChI=1S/C23H33NO4S/c1-24(2)21-15-11-14-20-19(21)13-12-16-22(20)29(27,28)18-10-8-6-4-3-5-7-9-17-23(25)26/h11-16H,3-10,17-18H2,1-2H3,(H,25,26). The third-order valence-corrected chi connectivity index (χ3v) is 7.08. The molecule has 0 saturated carbocycles. The van der Waals surface area contributed by atoms with Gasteiger partial charge in [-0.1, -0.05) is 62.8 Å². The molecular formula is C23H33NO4S. The minimum Gasteiger partial charge on any atom is -0.481 e. The first kappa shape index (κ1) is 23.2. The number of fused-ring (bicyclic) bond motifs is 1. The van der Waals surface area contributed by atoms with Gasteiger partial charge in [0, 0.05) is 37.0 Å². The van der Waals surface area contributed by atoms with Crippen LogP contribution in [0.5, 0.6) is 0 Å². The summed E-state index contributed by atoms with van der Waals surface area (Å²) in [5.74, 6) is -0.549. The van der Waals surface area contributed by atoms with E-state index in [1.54, 1.807) is 6.07 Å². The summed E-state index contributed by atoms with van der Waals surface area (Å²) in [5, 5.41) is 10.4. The molecule has 0 bridgehead atoms. The van der Waals surface area contributed by atoms with Crippen molar-refractivity contribution in [2.45, 2.75) is 62.7 Å². The molecule has 0 aliphatic rings. The van der Waals surface area contributed by atoms with Crippen LogP contribution in [0.3, 0.4) is 0 Å². The summed E-state index contributed by atoms with van der Waals surface area (Å²) in [6, 6.07) is 11.3. The van der Waals surface area contributed by atoms with Crippen LogP contribution in [0, 0.1) is 0 Å². The Labute approximate surface area is 174 Å². The maximum Gasteiger partial charge on any atom is 0.303 e. The van der Waals surface area contributed by atoms with Crippen LogP contribution in [0.15, 0.2) is 41.3 Å². The van der Waals surface area contributed by atoms with Gasteiger partial charge in [0.25, 0.3) is 0 Å². The maximum atomic E-state index is 12.9. The number of sulfone groups is 1. The van der Waals surface area contributed by atoms with Gasteiger partial charge in [-0.2, -0.15) is 0 Å². The molecule has 0 radical (unpaired) electrons. The van der Waals surface area contributed by atoms with E-state index >= 15 is 0 Å². The zero-order chi connectivity index (χ0) is 21.3. The first-order chi connectivity index (χ1) is 13.8. The monoisotopic (exact) mass is 419 g/mol. The van der Waals surface area contributed by atoms with Gasteiger partial charge in [-0.05, 0) is 25.0 Å². The van der Waals surface area contributed by atoms with Crippen LogP contribution >= 0.6 is 0 Å². The van der Waals surface area contributed by atoms with Gasteiger partial charge in [-0.25, -0.2) is 8.42 Å². The first-order valence-corrected chi connectivity index (χ1v) is 12.1. The van der Waals surface area contributed by atoms with Crippen LogP contribution < -0.4 is 4.90 Å². The van der Waals surface area contributed by atoms with Gasteiger partial charge in [0.2, 0.25) is 0 Å². The van der Waals surface area contributed by atoms with E-state index in [0.717, 1.165) is 61.4 Å². The molecule has 1 N–H and O–H groups in total. The number of unbranched alkanes of at least 4 members (excludes halogenated alkanes) is 7. The Bertz CT molecular complexity index is 906. The Kier molecular flexibility index (Phi) is 8.96.